The van der Waals surface area contributed by atoms with E-state index in [0.29, 0.717) is 12.6 Å². The molecule has 1 heterocycles. The van der Waals surface area contributed by atoms with Crippen LogP contribution in [0.5, 0.6) is 5.75 Å². The lowest BCUT2D eigenvalue weighted by atomic mass is 9.94. The molecule has 0 atom stereocenters. The van der Waals surface area contributed by atoms with Gasteiger partial charge >= 0.3 is 0 Å². The molecule has 0 bridgehead atoms. The Morgan fingerprint density at radius 1 is 0.962 bits per heavy atom. The van der Waals surface area contributed by atoms with Crippen LogP contribution in [0, 0.1) is 0 Å². The van der Waals surface area contributed by atoms with Gasteiger partial charge in [0.25, 0.3) is 0 Å². The molecule has 4 nitrogen and oxygen atoms in total. The van der Waals surface area contributed by atoms with Gasteiger partial charge in [0.05, 0.1) is 17.6 Å². The van der Waals surface area contributed by atoms with Gasteiger partial charge in [0, 0.05) is 12.6 Å². The Balaban J connectivity index is 1.43. The Morgan fingerprint density at radius 3 is 2.54 bits per heavy atom. The van der Waals surface area contributed by atoms with Gasteiger partial charge in [-0.3, -0.25) is 4.90 Å². The zero-order valence-electron chi connectivity index (χ0n) is 15.2. The molecule has 0 aliphatic heterocycles. The topological polar surface area (TPSA) is 41.1 Å². The average molecular weight is 349 g/mol. The maximum absolute atomic E-state index is 5.95. The zero-order valence-corrected chi connectivity index (χ0v) is 15.2. The van der Waals surface area contributed by atoms with Crippen LogP contribution in [-0.2, 0) is 6.54 Å². The predicted octanol–water partition coefficient (Wildman–Crippen LogP) is 4.78. The molecule has 0 radical (unpaired) electrons. The summed E-state index contributed by atoms with van der Waals surface area (Å²) < 4.78 is 5.95. The van der Waals surface area contributed by atoms with Crippen molar-refractivity contribution in [3.05, 3.63) is 60.4 Å². The summed E-state index contributed by atoms with van der Waals surface area (Å²) >= 11 is 0. The van der Waals surface area contributed by atoms with Crippen LogP contribution >= 0.6 is 0 Å². The summed E-state index contributed by atoms with van der Waals surface area (Å²) in [6, 6.07) is 19.0. The lowest BCUT2D eigenvalue weighted by molar-refractivity contribution is 0.121. The van der Waals surface area contributed by atoms with Crippen LogP contribution in [0.4, 0.5) is 0 Å². The maximum atomic E-state index is 5.95. The highest BCUT2D eigenvalue weighted by molar-refractivity contribution is 5.74. The van der Waals surface area contributed by atoms with Crippen LogP contribution in [-0.4, -0.2) is 34.1 Å². The van der Waals surface area contributed by atoms with Crippen molar-refractivity contribution in [1.82, 2.24) is 14.9 Å². The second-order valence-electron chi connectivity index (χ2n) is 7.12. The number of nitrogens with zero attached hydrogens (tertiary/aromatic N) is 2. The summed E-state index contributed by atoms with van der Waals surface area (Å²) in [5.74, 6) is 2.00. The van der Waals surface area contributed by atoms with Gasteiger partial charge in [-0.25, -0.2) is 4.98 Å². The van der Waals surface area contributed by atoms with Crippen LogP contribution in [0.3, 0.4) is 0 Å². The van der Waals surface area contributed by atoms with Crippen molar-refractivity contribution >= 4 is 11.0 Å². The Labute approximate surface area is 155 Å². The number of hydrogen-bond donors (Lipinski definition) is 1. The first-order chi connectivity index (χ1) is 12.9. The number of imidazole rings is 1. The molecule has 3 aromatic rings. The van der Waals surface area contributed by atoms with Crippen molar-refractivity contribution in [1.29, 1.82) is 0 Å². The molecule has 1 fully saturated rings. The second kappa shape index (κ2) is 8.37. The van der Waals surface area contributed by atoms with Crippen molar-refractivity contribution in [2.75, 3.05) is 13.2 Å². The largest absolute Gasteiger partial charge is 0.492 e. The smallest absolute Gasteiger partial charge is 0.121 e. The van der Waals surface area contributed by atoms with E-state index in [1.165, 1.54) is 32.1 Å². The maximum Gasteiger partial charge on any atom is 0.121 e. The minimum absolute atomic E-state index is 0.635. The molecule has 0 saturated heterocycles. The number of para-hydroxylation sites is 3. The first-order valence-corrected chi connectivity index (χ1v) is 9.74. The van der Waals surface area contributed by atoms with Gasteiger partial charge in [0.2, 0.25) is 0 Å². The molecule has 1 saturated carbocycles. The molecule has 1 aliphatic rings. The highest BCUT2D eigenvalue weighted by Gasteiger charge is 2.22. The average Bonchev–Trinajstić information content (AvgIpc) is 3.11. The van der Waals surface area contributed by atoms with Gasteiger partial charge in [-0.2, -0.15) is 0 Å². The van der Waals surface area contributed by atoms with E-state index in [4.69, 9.17) is 9.72 Å². The highest BCUT2D eigenvalue weighted by atomic mass is 16.5. The fourth-order valence-corrected chi connectivity index (χ4v) is 3.91. The minimum atomic E-state index is 0.635. The molecular weight excluding hydrogens is 322 g/mol. The lowest BCUT2D eigenvalue weighted by Gasteiger charge is -2.33. The van der Waals surface area contributed by atoms with Crippen molar-refractivity contribution in [2.24, 2.45) is 0 Å². The Bertz CT molecular complexity index is 775. The number of fused-ring (bicyclic) bond motifs is 1. The fraction of sp³-hybridized carbons (Fsp3) is 0.409. The lowest BCUT2D eigenvalue weighted by Crippen LogP contribution is -2.39. The Morgan fingerprint density at radius 2 is 1.73 bits per heavy atom. The fourth-order valence-electron chi connectivity index (χ4n) is 3.91. The van der Waals surface area contributed by atoms with Gasteiger partial charge in [0.15, 0.2) is 0 Å². The third kappa shape index (κ3) is 4.25. The summed E-state index contributed by atoms with van der Waals surface area (Å²) in [4.78, 5) is 10.8. The van der Waals surface area contributed by atoms with E-state index in [2.05, 4.69) is 28.1 Å². The number of hydrogen-bond acceptors (Lipinski definition) is 3. The second-order valence-corrected chi connectivity index (χ2v) is 7.12. The van der Waals surface area contributed by atoms with Gasteiger partial charge in [-0.15, -0.1) is 0 Å². The quantitative estimate of drug-likeness (QED) is 0.667. The minimum Gasteiger partial charge on any atom is -0.492 e. The number of H-pyrrole nitrogens is 1. The van der Waals surface area contributed by atoms with E-state index >= 15 is 0 Å². The third-order valence-electron chi connectivity index (χ3n) is 5.27. The summed E-state index contributed by atoms with van der Waals surface area (Å²) in [6.45, 7) is 2.49. The van der Waals surface area contributed by atoms with Crippen LogP contribution in [0.1, 0.15) is 37.9 Å². The van der Waals surface area contributed by atoms with Gasteiger partial charge in [-0.05, 0) is 37.1 Å². The van der Waals surface area contributed by atoms with E-state index in [9.17, 15) is 0 Å². The van der Waals surface area contributed by atoms with Gasteiger partial charge in [-0.1, -0.05) is 49.6 Å². The molecule has 136 valence electrons. The van der Waals surface area contributed by atoms with Crippen molar-refractivity contribution in [2.45, 2.75) is 44.7 Å². The molecule has 0 amide bonds. The van der Waals surface area contributed by atoms with Crippen molar-refractivity contribution in [3.63, 3.8) is 0 Å². The third-order valence-corrected chi connectivity index (χ3v) is 5.27. The molecule has 1 aromatic heterocycles. The first-order valence-electron chi connectivity index (χ1n) is 9.74. The number of rotatable bonds is 7. The monoisotopic (exact) mass is 349 g/mol. The highest BCUT2D eigenvalue weighted by Crippen LogP contribution is 2.24. The SMILES string of the molecule is c1ccc(OCCN(Cc2nc3ccccc3[nH]2)C2CCCCC2)cc1. The Kier molecular flexibility index (Phi) is 5.50. The van der Waals surface area contributed by atoms with Gasteiger partial charge in [0.1, 0.15) is 18.2 Å². The van der Waals surface area contributed by atoms with E-state index in [0.717, 1.165) is 35.7 Å². The van der Waals surface area contributed by atoms with E-state index < -0.39 is 0 Å². The molecule has 4 rings (SSSR count). The van der Waals surface area contributed by atoms with E-state index in [-0.39, 0.29) is 0 Å². The molecule has 0 unspecified atom stereocenters. The summed E-state index contributed by atoms with van der Waals surface area (Å²) in [6.07, 6.45) is 6.61. The molecule has 4 heteroatoms. The molecule has 1 N–H and O–H groups in total. The molecule has 1 aliphatic carbocycles. The predicted molar refractivity (Wildman–Crippen MR) is 105 cm³/mol. The number of aromatic amines is 1. The normalized spacial score (nSPS) is 15.6. The molecule has 26 heavy (non-hydrogen) atoms. The number of nitrogens with one attached hydrogen (secondary N) is 1. The van der Waals surface area contributed by atoms with Crippen LogP contribution in [0.2, 0.25) is 0 Å². The van der Waals surface area contributed by atoms with E-state index in [1.54, 1.807) is 0 Å². The van der Waals surface area contributed by atoms with Crippen LogP contribution in [0.15, 0.2) is 54.6 Å². The number of ether oxygens (including phenoxy) is 1. The van der Waals surface area contributed by atoms with Crippen molar-refractivity contribution in [3.8, 4) is 5.75 Å². The zero-order chi connectivity index (χ0) is 17.6. The van der Waals surface area contributed by atoms with Crippen molar-refractivity contribution < 1.29 is 4.74 Å². The molecule has 0 spiro atoms. The van der Waals surface area contributed by atoms with Gasteiger partial charge < -0.3 is 9.72 Å². The number of aromatic nitrogens is 2. The molecule has 2 aromatic carbocycles. The summed E-state index contributed by atoms with van der Waals surface area (Å²) in [5, 5.41) is 0. The summed E-state index contributed by atoms with van der Waals surface area (Å²) in [5.41, 5.74) is 2.17. The summed E-state index contributed by atoms with van der Waals surface area (Å²) in [7, 11) is 0. The van der Waals surface area contributed by atoms with Crippen LogP contribution < -0.4 is 4.74 Å². The van der Waals surface area contributed by atoms with E-state index in [1.807, 2.05) is 36.4 Å². The standard InChI is InChI=1S/C22H27N3O/c1-3-9-18(10-4-1)25(15-16-26-19-11-5-2-6-12-19)17-22-23-20-13-7-8-14-21(20)24-22/h2,5-8,11-14,18H,1,3-4,9-10,15-17H2,(H,23,24). The Hall–Kier alpha value is -2.33. The first kappa shape index (κ1) is 17.1. The number of benzene rings is 2. The molecular formula is C22H27N3O. The van der Waals surface area contributed by atoms with Crippen LogP contribution in [0.25, 0.3) is 11.0 Å².